The first-order chi connectivity index (χ1) is 32.0. The number of rotatable bonds is 16. The number of nitrogens with zero attached hydrogens (tertiary/aromatic N) is 2. The van der Waals surface area contributed by atoms with Gasteiger partial charge >= 0.3 is 0 Å². The summed E-state index contributed by atoms with van der Waals surface area (Å²) in [4.78, 5) is 20.7. The first-order valence-corrected chi connectivity index (χ1v) is 24.7. The number of methoxy groups -OCH3 is 2. The Labute approximate surface area is 397 Å². The number of aromatic nitrogens is 2. The zero-order valence-electron chi connectivity index (χ0n) is 40.4. The summed E-state index contributed by atoms with van der Waals surface area (Å²) in [5.41, 5.74) is 9.21. The first-order valence-electron chi connectivity index (χ1n) is 22.8. The molecule has 1 aliphatic carbocycles. The molecule has 0 aliphatic heterocycles. The number of sulfonamides is 1. The predicted octanol–water partition coefficient (Wildman–Crippen LogP) is 11.0. The van der Waals surface area contributed by atoms with E-state index < -0.39 is 10.0 Å². The highest BCUT2D eigenvalue weighted by Crippen LogP contribution is 2.41. The van der Waals surface area contributed by atoms with Crippen molar-refractivity contribution in [2.45, 2.75) is 110 Å². The SMILES string of the molecule is COc1c(C=O)cc(-c2cccnc2OCc2ccccc2)cc1C(C)(C)C.COc1c(CNC2CCC(NS(C)(=O)=O)CC2)cc(-c2cccnc2OCc2ccccc2)cc1C(C)(C)C. The lowest BCUT2D eigenvalue weighted by Crippen LogP contribution is -2.41. The summed E-state index contributed by atoms with van der Waals surface area (Å²) >= 11 is 0. The maximum Gasteiger partial charge on any atom is 0.221 e. The third kappa shape index (κ3) is 14.0. The molecule has 0 atom stereocenters. The number of hydrogen-bond donors (Lipinski definition) is 2. The maximum atomic E-state index is 11.7. The van der Waals surface area contributed by atoms with Crippen LogP contribution >= 0.6 is 0 Å². The number of carbonyl (C=O) groups is 1. The molecule has 2 aromatic heterocycles. The van der Waals surface area contributed by atoms with E-state index in [1.54, 1.807) is 26.6 Å². The second kappa shape index (κ2) is 22.6. The Balaban J connectivity index is 0.000000233. The average molecular weight is 927 g/mol. The third-order valence-electron chi connectivity index (χ3n) is 11.7. The third-order valence-corrected chi connectivity index (χ3v) is 12.5. The van der Waals surface area contributed by atoms with Crippen LogP contribution in [0.2, 0.25) is 0 Å². The van der Waals surface area contributed by atoms with Gasteiger partial charge in [0.05, 0.1) is 26.0 Å². The van der Waals surface area contributed by atoms with E-state index >= 15 is 0 Å². The van der Waals surface area contributed by atoms with Crippen molar-refractivity contribution in [1.29, 1.82) is 0 Å². The molecule has 12 heteroatoms. The number of carbonyl (C=O) groups excluding carboxylic acids is 1. The second-order valence-electron chi connectivity index (χ2n) is 19.1. The van der Waals surface area contributed by atoms with Crippen LogP contribution in [0.3, 0.4) is 0 Å². The summed E-state index contributed by atoms with van der Waals surface area (Å²) < 4.78 is 49.7. The summed E-state index contributed by atoms with van der Waals surface area (Å²) in [7, 11) is 0.142. The van der Waals surface area contributed by atoms with E-state index in [9.17, 15) is 13.2 Å². The molecule has 2 heterocycles. The van der Waals surface area contributed by atoms with Crippen LogP contribution in [-0.2, 0) is 40.6 Å². The van der Waals surface area contributed by atoms with E-state index in [0.29, 0.717) is 48.9 Å². The van der Waals surface area contributed by atoms with Crippen molar-refractivity contribution >= 4 is 16.3 Å². The average Bonchev–Trinajstić information content (AvgIpc) is 3.31. The van der Waals surface area contributed by atoms with E-state index in [0.717, 1.165) is 87.8 Å². The van der Waals surface area contributed by atoms with E-state index in [2.05, 4.69) is 85.8 Å². The molecule has 1 aliphatic rings. The van der Waals surface area contributed by atoms with E-state index in [1.807, 2.05) is 84.9 Å². The molecule has 67 heavy (non-hydrogen) atoms. The molecule has 0 bridgehead atoms. The van der Waals surface area contributed by atoms with Crippen LogP contribution in [-0.4, -0.2) is 57.2 Å². The van der Waals surface area contributed by atoms with Crippen LogP contribution in [0.15, 0.2) is 122 Å². The molecule has 0 amide bonds. The fraction of sp³-hybridized carbons (Fsp3) is 0.364. The zero-order chi connectivity index (χ0) is 48.2. The van der Waals surface area contributed by atoms with Gasteiger partial charge in [0.1, 0.15) is 24.7 Å². The number of benzene rings is 4. The van der Waals surface area contributed by atoms with E-state index in [-0.39, 0.29) is 16.9 Å². The van der Waals surface area contributed by atoms with Gasteiger partial charge in [-0.05, 0) is 107 Å². The molecule has 0 unspecified atom stereocenters. The quantitative estimate of drug-likeness (QED) is 0.0902. The Morgan fingerprint density at radius 2 is 1.09 bits per heavy atom. The molecular formula is C55H66N4O7S. The molecule has 0 radical (unpaired) electrons. The van der Waals surface area contributed by atoms with Gasteiger partial charge in [-0.2, -0.15) is 0 Å². The highest BCUT2D eigenvalue weighted by molar-refractivity contribution is 7.88. The van der Waals surface area contributed by atoms with Crippen molar-refractivity contribution in [3.63, 3.8) is 0 Å². The second-order valence-corrected chi connectivity index (χ2v) is 20.8. The molecule has 0 spiro atoms. The van der Waals surface area contributed by atoms with Crippen molar-refractivity contribution in [1.82, 2.24) is 20.0 Å². The number of ether oxygens (including phenoxy) is 4. The fourth-order valence-corrected chi connectivity index (χ4v) is 9.17. The fourth-order valence-electron chi connectivity index (χ4n) is 8.33. The monoisotopic (exact) mass is 926 g/mol. The minimum atomic E-state index is -3.18. The van der Waals surface area contributed by atoms with E-state index in [1.165, 1.54) is 6.26 Å². The number of pyridine rings is 2. The molecule has 4 aromatic carbocycles. The molecule has 11 nitrogen and oxygen atoms in total. The Hall–Kier alpha value is -6.08. The minimum absolute atomic E-state index is 0.0169. The van der Waals surface area contributed by atoms with Crippen LogP contribution in [0.25, 0.3) is 22.3 Å². The van der Waals surface area contributed by atoms with Crippen molar-refractivity contribution in [2.24, 2.45) is 0 Å². The Bertz CT molecular complexity index is 2670. The molecule has 2 N–H and O–H groups in total. The topological polar surface area (TPSA) is 138 Å². The highest BCUT2D eigenvalue weighted by Gasteiger charge is 2.27. The molecule has 1 saturated carbocycles. The van der Waals surface area contributed by atoms with Gasteiger partial charge in [0.25, 0.3) is 0 Å². The van der Waals surface area contributed by atoms with Crippen LogP contribution in [0.5, 0.6) is 23.3 Å². The van der Waals surface area contributed by atoms with Gasteiger partial charge in [-0.25, -0.2) is 23.1 Å². The van der Waals surface area contributed by atoms with Crippen molar-refractivity contribution in [3.8, 4) is 45.5 Å². The van der Waals surface area contributed by atoms with Gasteiger partial charge in [-0.15, -0.1) is 0 Å². The summed E-state index contributed by atoms with van der Waals surface area (Å²) in [6.45, 7) is 14.4. The lowest BCUT2D eigenvalue weighted by molar-refractivity contribution is 0.112. The molecule has 6 aromatic rings. The van der Waals surface area contributed by atoms with Crippen LogP contribution in [0, 0.1) is 0 Å². The lowest BCUT2D eigenvalue weighted by atomic mass is 9.83. The summed E-state index contributed by atoms with van der Waals surface area (Å²) in [5.74, 6) is 2.64. The van der Waals surface area contributed by atoms with Crippen molar-refractivity contribution < 1.29 is 32.2 Å². The maximum absolute atomic E-state index is 11.7. The predicted molar refractivity (Wildman–Crippen MR) is 268 cm³/mol. The number of aldehydes is 1. The minimum Gasteiger partial charge on any atom is -0.496 e. The summed E-state index contributed by atoms with van der Waals surface area (Å²) in [6.07, 6.45) is 9.01. The van der Waals surface area contributed by atoms with Crippen molar-refractivity contribution in [2.75, 3.05) is 20.5 Å². The molecule has 1 fully saturated rings. The largest absolute Gasteiger partial charge is 0.496 e. The number of hydrogen-bond acceptors (Lipinski definition) is 10. The van der Waals surface area contributed by atoms with Crippen LogP contribution < -0.4 is 29.0 Å². The zero-order valence-corrected chi connectivity index (χ0v) is 41.2. The van der Waals surface area contributed by atoms with Gasteiger partial charge in [-0.1, -0.05) is 102 Å². The van der Waals surface area contributed by atoms with Gasteiger partial charge in [-0.3, -0.25) is 4.79 Å². The van der Waals surface area contributed by atoms with Gasteiger partial charge < -0.3 is 24.3 Å². The highest BCUT2D eigenvalue weighted by atomic mass is 32.2. The first kappa shape index (κ1) is 50.3. The van der Waals surface area contributed by atoms with Crippen LogP contribution in [0.4, 0.5) is 0 Å². The Morgan fingerprint density at radius 3 is 1.54 bits per heavy atom. The van der Waals surface area contributed by atoms with E-state index in [4.69, 9.17) is 18.9 Å². The number of nitrogens with one attached hydrogen (secondary N) is 2. The summed E-state index contributed by atoms with van der Waals surface area (Å²) in [5, 5.41) is 3.71. The van der Waals surface area contributed by atoms with Crippen molar-refractivity contribution in [3.05, 3.63) is 155 Å². The Morgan fingerprint density at radius 1 is 0.627 bits per heavy atom. The Kier molecular flexibility index (Phi) is 17.0. The normalized spacial score (nSPS) is 15.2. The summed E-state index contributed by atoms with van der Waals surface area (Å²) in [6, 6.07) is 36.4. The molecule has 354 valence electrons. The smallest absolute Gasteiger partial charge is 0.221 e. The van der Waals surface area contributed by atoms with Gasteiger partial charge in [0, 0.05) is 58.8 Å². The molecule has 7 rings (SSSR count). The lowest BCUT2D eigenvalue weighted by Gasteiger charge is -2.30. The standard InChI is InChI=1S/C31H41N3O4S.C24H25NO3/c1-31(2,3)28-19-23(27-12-9-17-32-30(27)38-21-22-10-7-6-8-11-22)18-24(29(28)37-4)20-33-25-13-15-26(16-14-25)34-39(5,35)36;1-24(2,3)21-14-18(13-19(15-26)22(21)27-4)20-11-8-12-25-23(20)28-16-17-9-6-5-7-10-17/h6-12,17-19,25-26,33-34H,13-16,20-21H2,1-5H3;5-15H,16H2,1-4H3. The van der Waals surface area contributed by atoms with Gasteiger partial charge in [0.2, 0.25) is 21.8 Å². The van der Waals surface area contributed by atoms with Crippen LogP contribution in [0.1, 0.15) is 105 Å². The molecule has 0 saturated heterocycles. The van der Waals surface area contributed by atoms with Gasteiger partial charge in [0.15, 0.2) is 6.29 Å². The molecular weight excluding hydrogens is 861 g/mol.